The molecular weight excluding hydrogens is 1160 g/mol. The number of aryl methyl sites for hydroxylation is 1. The molecule has 3 aromatic heterocycles. The zero-order valence-corrected chi connectivity index (χ0v) is 61.7. The van der Waals surface area contributed by atoms with Crippen LogP contribution in [0.25, 0.3) is 47.0 Å². The molecule has 0 amide bonds. The van der Waals surface area contributed by atoms with Crippen LogP contribution in [0.2, 0.25) is 19.6 Å². The molecule has 0 radical (unpaired) electrons. The van der Waals surface area contributed by atoms with E-state index in [9.17, 15) is 0 Å². The van der Waals surface area contributed by atoms with Gasteiger partial charge >= 0.3 is 0 Å². The molecular formula is C77H97N3OS3Si3. The van der Waals surface area contributed by atoms with Crippen LogP contribution >= 0.6 is 34.0 Å². The zero-order chi connectivity index (χ0) is 63.1. The number of para-hydroxylation sites is 1. The summed E-state index contributed by atoms with van der Waals surface area (Å²) < 4.78 is 10.1. The first-order valence-electron chi connectivity index (χ1n) is 31.6. The highest BCUT2D eigenvalue weighted by molar-refractivity contribution is 7.21. The van der Waals surface area contributed by atoms with Crippen molar-refractivity contribution in [3.05, 3.63) is 205 Å². The molecule has 3 heterocycles. The molecule has 9 aromatic rings. The Labute approximate surface area is 538 Å². The van der Waals surface area contributed by atoms with Crippen LogP contribution in [0.15, 0.2) is 162 Å². The average Bonchev–Trinajstić information content (AvgIpc) is 1.61. The van der Waals surface area contributed by atoms with E-state index >= 15 is 0 Å². The zero-order valence-electron chi connectivity index (χ0n) is 56.3. The van der Waals surface area contributed by atoms with Gasteiger partial charge in [0, 0.05) is 78.1 Å². The third kappa shape index (κ3) is 11.9. The first kappa shape index (κ1) is 64.7. The van der Waals surface area contributed by atoms with Crippen LogP contribution in [0.5, 0.6) is 5.75 Å². The van der Waals surface area contributed by atoms with Gasteiger partial charge in [-0.3, -0.25) is 0 Å². The highest BCUT2D eigenvalue weighted by atomic mass is 32.1. The summed E-state index contributed by atoms with van der Waals surface area (Å²) >= 11 is 6.00. The highest BCUT2D eigenvalue weighted by Gasteiger charge is 2.52. The SMILES string of the molecule is CC1=C(C)C([Si](C)(NC(C)(C)C)c2ccccc2C(C)C)c2sc3ccccc3c21.CC1=C(C)C([Si](C)(NC(C)(C)C)c2ccccc2C)c2sc3ccccc3c21.COc1ccccc1[Si](C)(NC(C)(C)C)C1C(C)=C(C)c2c1sc1ccccc21. The van der Waals surface area contributed by atoms with Crippen molar-refractivity contribution in [1.29, 1.82) is 0 Å². The van der Waals surface area contributed by atoms with Gasteiger partial charge < -0.3 is 19.7 Å². The second-order valence-corrected chi connectivity index (χ2v) is 43.8. The Morgan fingerprint density at radius 2 is 0.690 bits per heavy atom. The normalized spacial score (nSPS) is 19.0. The molecule has 0 fully saturated rings. The van der Waals surface area contributed by atoms with Crippen LogP contribution in [0.3, 0.4) is 0 Å². The number of nitrogens with one attached hydrogen (secondary N) is 3. The Hall–Kier alpha value is -5.25. The van der Waals surface area contributed by atoms with E-state index in [2.05, 4.69) is 305 Å². The monoisotopic (exact) mass is 1260 g/mol. The van der Waals surface area contributed by atoms with E-state index < -0.39 is 24.7 Å². The molecule has 10 heteroatoms. The summed E-state index contributed by atoms with van der Waals surface area (Å²) in [7, 11) is -4.69. The number of rotatable bonds is 11. The van der Waals surface area contributed by atoms with Crippen molar-refractivity contribution < 1.29 is 4.74 Å². The van der Waals surface area contributed by atoms with Crippen LogP contribution in [0, 0.1) is 6.92 Å². The van der Waals surface area contributed by atoms with Gasteiger partial charge in [0.1, 0.15) is 5.75 Å². The predicted molar refractivity (Wildman–Crippen MR) is 396 cm³/mol. The van der Waals surface area contributed by atoms with Crippen LogP contribution in [0.1, 0.15) is 183 Å². The van der Waals surface area contributed by atoms with E-state index in [4.69, 9.17) is 4.74 Å². The maximum Gasteiger partial charge on any atom is 0.172 e. The Morgan fingerprint density at radius 3 is 1.05 bits per heavy atom. The van der Waals surface area contributed by atoms with Gasteiger partial charge in [-0.15, -0.1) is 34.0 Å². The standard InChI is InChI=1S/C27H35NSSi.C25H31NOSSi.C25H31NSSi/c1-17(2)20-13-10-12-16-23(20)30(8,28-27(5,6)7)26-19(4)18(3)24-21-14-9-11-15-22(21)29-25(24)26;1-16-17(2)24(23-22(16)18-12-8-10-14-20(18)28-23)29(7,26-25(3,4)5)21-15-11-9-13-19(21)27-6;1-16-12-8-11-15-21(16)28(7,26-25(4,5)6)24-18(3)17(2)22-19-13-9-10-14-20(19)27-23(22)24/h9-17,26,28H,1-8H3;8-15,24,26H,1-7H3;8-15,24,26H,1-7H3. The Bertz CT molecular complexity index is 4170. The van der Waals surface area contributed by atoms with Crippen molar-refractivity contribution in [2.45, 2.75) is 183 Å². The van der Waals surface area contributed by atoms with Gasteiger partial charge in [0.05, 0.1) is 7.11 Å². The quantitative estimate of drug-likeness (QED) is 0.113. The summed E-state index contributed by atoms with van der Waals surface area (Å²) in [6, 6.07) is 53.6. The van der Waals surface area contributed by atoms with Crippen molar-refractivity contribution in [3.8, 4) is 5.75 Å². The second kappa shape index (κ2) is 24.2. The largest absolute Gasteiger partial charge is 0.497 e. The van der Waals surface area contributed by atoms with Crippen LogP contribution in [-0.4, -0.2) is 48.4 Å². The van der Waals surface area contributed by atoms with E-state index in [0.29, 0.717) is 22.5 Å². The number of ether oxygens (including phenoxy) is 1. The number of methoxy groups -OCH3 is 1. The Kier molecular flexibility index (Phi) is 18.0. The number of hydrogen-bond acceptors (Lipinski definition) is 7. The molecule has 456 valence electrons. The molecule has 6 unspecified atom stereocenters. The summed E-state index contributed by atoms with van der Waals surface area (Å²) in [5, 5.41) is 8.71. The molecule has 0 saturated heterocycles. The van der Waals surface area contributed by atoms with Crippen molar-refractivity contribution in [1.82, 2.24) is 14.9 Å². The van der Waals surface area contributed by atoms with E-state index in [1.54, 1.807) is 33.2 Å². The van der Waals surface area contributed by atoms with Crippen LogP contribution in [-0.2, 0) is 0 Å². The van der Waals surface area contributed by atoms with Gasteiger partial charge in [0.25, 0.3) is 0 Å². The summed E-state index contributed by atoms with van der Waals surface area (Å²) in [4.78, 5) is 17.2. The van der Waals surface area contributed by atoms with Gasteiger partial charge in [-0.25, -0.2) is 0 Å². The molecule has 3 N–H and O–H groups in total. The first-order chi connectivity index (χ1) is 40.8. The Morgan fingerprint density at radius 1 is 0.391 bits per heavy atom. The number of thiophene rings is 3. The predicted octanol–water partition coefficient (Wildman–Crippen LogP) is 20.0. The van der Waals surface area contributed by atoms with E-state index in [0.717, 1.165) is 5.75 Å². The van der Waals surface area contributed by atoms with Gasteiger partial charge in [0.2, 0.25) is 0 Å². The molecule has 3 aliphatic rings. The molecule has 4 nitrogen and oxygen atoms in total. The lowest BCUT2D eigenvalue weighted by Gasteiger charge is -2.43. The lowest BCUT2D eigenvalue weighted by molar-refractivity contribution is 0.417. The lowest BCUT2D eigenvalue weighted by atomic mass is 10.0. The molecule has 3 aliphatic carbocycles. The maximum atomic E-state index is 5.86. The summed E-state index contributed by atoms with van der Waals surface area (Å²) in [5.41, 5.74) is 17.9. The molecule has 0 bridgehead atoms. The Balaban J connectivity index is 0.000000145. The highest BCUT2D eigenvalue weighted by Crippen LogP contribution is 2.56. The van der Waals surface area contributed by atoms with Gasteiger partial charge in [-0.2, -0.15) is 0 Å². The van der Waals surface area contributed by atoms with Gasteiger partial charge in [-0.1, -0.05) is 177 Å². The minimum Gasteiger partial charge on any atom is -0.497 e. The maximum absolute atomic E-state index is 5.86. The number of allylic oxidation sites excluding steroid dienone is 6. The van der Waals surface area contributed by atoms with Gasteiger partial charge in [0.15, 0.2) is 24.7 Å². The molecule has 0 aliphatic heterocycles. The molecule has 6 aromatic carbocycles. The minimum absolute atomic E-state index is 0.00937. The number of benzene rings is 6. The van der Waals surface area contributed by atoms with Crippen molar-refractivity contribution in [2.24, 2.45) is 0 Å². The molecule has 0 saturated carbocycles. The third-order valence-corrected chi connectivity index (χ3v) is 37.6. The molecule has 12 rings (SSSR count). The topological polar surface area (TPSA) is 45.3 Å². The van der Waals surface area contributed by atoms with Crippen molar-refractivity contribution in [3.63, 3.8) is 0 Å². The number of hydrogen-bond donors (Lipinski definition) is 3. The first-order valence-corrected chi connectivity index (χ1v) is 41.8. The summed E-state index contributed by atoms with van der Waals surface area (Å²) in [6.07, 6.45) is 0. The van der Waals surface area contributed by atoms with E-state index in [-0.39, 0.29) is 16.6 Å². The lowest BCUT2D eigenvalue weighted by Crippen LogP contribution is -2.68. The van der Waals surface area contributed by atoms with E-state index in [1.807, 2.05) is 34.0 Å². The fourth-order valence-electron chi connectivity index (χ4n) is 15.8. The number of fused-ring (bicyclic) bond motifs is 9. The summed E-state index contributed by atoms with van der Waals surface area (Å²) in [6.45, 7) is 49.3. The average molecular weight is 1260 g/mol. The molecule has 6 atom stereocenters. The molecule has 0 spiro atoms. The van der Waals surface area contributed by atoms with Crippen LogP contribution < -0.4 is 35.2 Å². The van der Waals surface area contributed by atoms with Crippen LogP contribution in [0.4, 0.5) is 0 Å². The molecule has 87 heavy (non-hydrogen) atoms. The van der Waals surface area contributed by atoms with Crippen molar-refractivity contribution in [2.75, 3.05) is 7.11 Å². The van der Waals surface area contributed by atoms with E-state index in [1.165, 1.54) is 95.6 Å². The smallest absolute Gasteiger partial charge is 0.172 e. The van der Waals surface area contributed by atoms with Crippen molar-refractivity contribution >= 4 is 121 Å². The third-order valence-electron chi connectivity index (χ3n) is 19.0. The second-order valence-electron chi connectivity index (χ2n) is 29.2. The fourth-order valence-corrected chi connectivity index (χ4v) is 38.0. The minimum atomic E-state index is -2.23. The fraction of sp³-hybridized carbons (Fsp3) is 0.377. The van der Waals surface area contributed by atoms with Gasteiger partial charge in [-0.05, 0) is 195 Å². The summed E-state index contributed by atoms with van der Waals surface area (Å²) in [5.74, 6) is 1.52.